The Balaban J connectivity index is 2.05. The van der Waals surface area contributed by atoms with Crippen LogP contribution < -0.4 is 4.74 Å². The van der Waals surface area contributed by atoms with E-state index in [2.05, 4.69) is 22.6 Å². The van der Waals surface area contributed by atoms with E-state index in [1.54, 1.807) is 23.1 Å². The second-order valence-electron chi connectivity index (χ2n) is 8.08. The number of rotatable bonds is 9. The van der Waals surface area contributed by atoms with Gasteiger partial charge in [-0.3, -0.25) is 9.59 Å². The number of aliphatic hydroxyl groups is 1. The molecule has 1 unspecified atom stereocenters. The van der Waals surface area contributed by atoms with Gasteiger partial charge < -0.3 is 19.6 Å². The highest BCUT2D eigenvalue weighted by molar-refractivity contribution is 14.1. The molecule has 2 aromatic rings. The van der Waals surface area contributed by atoms with Gasteiger partial charge in [0.05, 0.1) is 18.2 Å². The minimum absolute atomic E-state index is 0.119. The third kappa shape index (κ3) is 5.50. The fourth-order valence-corrected chi connectivity index (χ4v) is 4.13. The lowest BCUT2D eigenvalue weighted by atomic mass is 9.95. The Morgan fingerprint density at radius 1 is 1.16 bits per heavy atom. The van der Waals surface area contributed by atoms with Crippen LogP contribution in [0.5, 0.6) is 5.75 Å². The number of carbonyl (C=O) groups excluding carboxylic acids is 2. The van der Waals surface area contributed by atoms with Crippen molar-refractivity contribution < 1.29 is 19.4 Å². The van der Waals surface area contributed by atoms with Crippen molar-refractivity contribution in [3.05, 3.63) is 68.8 Å². The van der Waals surface area contributed by atoms with Crippen molar-refractivity contribution in [2.75, 3.05) is 33.8 Å². The zero-order chi connectivity index (χ0) is 23.3. The van der Waals surface area contributed by atoms with E-state index in [4.69, 9.17) is 4.74 Å². The fraction of sp³-hybridized carbons (Fsp3) is 0.360. The van der Waals surface area contributed by atoms with Gasteiger partial charge in [0, 0.05) is 15.7 Å². The first-order chi connectivity index (χ1) is 15.3. The number of ether oxygens (including phenoxy) is 1. The molecular weight excluding hydrogens is 519 g/mol. The third-order valence-corrected chi connectivity index (χ3v) is 6.03. The van der Waals surface area contributed by atoms with E-state index in [0.29, 0.717) is 24.5 Å². The molecule has 1 atom stereocenters. The van der Waals surface area contributed by atoms with Gasteiger partial charge in [-0.2, -0.15) is 0 Å². The van der Waals surface area contributed by atoms with Crippen LogP contribution in [0.1, 0.15) is 36.9 Å². The predicted octanol–water partition coefficient (Wildman–Crippen LogP) is 4.45. The normalized spacial score (nSPS) is 17.9. The van der Waals surface area contributed by atoms with E-state index in [-0.39, 0.29) is 11.3 Å². The summed E-state index contributed by atoms with van der Waals surface area (Å²) in [6.45, 7) is 3.79. The number of ketones is 1. The number of aliphatic hydroxyl groups excluding tert-OH is 1. The Bertz CT molecular complexity index is 1000. The number of nitrogens with zero attached hydrogens (tertiary/aromatic N) is 2. The van der Waals surface area contributed by atoms with Gasteiger partial charge in [-0.1, -0.05) is 31.2 Å². The van der Waals surface area contributed by atoms with Gasteiger partial charge in [0.2, 0.25) is 0 Å². The molecule has 1 amide bonds. The second-order valence-corrected chi connectivity index (χ2v) is 9.32. The van der Waals surface area contributed by atoms with E-state index in [1.807, 2.05) is 56.3 Å². The van der Waals surface area contributed by atoms with Crippen LogP contribution in [0, 0.1) is 3.57 Å². The molecule has 0 radical (unpaired) electrons. The zero-order valence-corrected chi connectivity index (χ0v) is 20.8. The maximum Gasteiger partial charge on any atom is 0.295 e. The van der Waals surface area contributed by atoms with Gasteiger partial charge in [-0.15, -0.1) is 0 Å². The van der Waals surface area contributed by atoms with Crippen LogP contribution in [0.4, 0.5) is 0 Å². The van der Waals surface area contributed by atoms with E-state index < -0.39 is 17.7 Å². The average Bonchev–Trinajstić information content (AvgIpc) is 3.02. The Morgan fingerprint density at radius 3 is 2.53 bits per heavy atom. The molecule has 0 aromatic heterocycles. The predicted molar refractivity (Wildman–Crippen MR) is 134 cm³/mol. The van der Waals surface area contributed by atoms with E-state index in [9.17, 15) is 14.7 Å². The molecule has 170 valence electrons. The Kier molecular flexibility index (Phi) is 8.31. The first kappa shape index (κ1) is 24.3. The maximum atomic E-state index is 13.1. The molecular formula is C25H29IN2O4. The summed E-state index contributed by atoms with van der Waals surface area (Å²) < 4.78 is 6.73. The smallest absolute Gasteiger partial charge is 0.295 e. The lowest BCUT2D eigenvalue weighted by molar-refractivity contribution is -0.139. The second kappa shape index (κ2) is 11.0. The number of benzene rings is 2. The minimum Gasteiger partial charge on any atom is -0.507 e. The molecule has 3 rings (SSSR count). The molecule has 1 fully saturated rings. The first-order valence-corrected chi connectivity index (χ1v) is 11.8. The van der Waals surface area contributed by atoms with Crippen molar-refractivity contribution in [1.82, 2.24) is 9.80 Å². The molecule has 32 heavy (non-hydrogen) atoms. The van der Waals surface area contributed by atoms with Gasteiger partial charge in [0.25, 0.3) is 11.7 Å². The SMILES string of the molecule is CCCOc1cccc(/C(O)=C2\C(=O)C(=O)N(CCCN(C)C)C2c2ccc(I)cc2)c1. The topological polar surface area (TPSA) is 70.1 Å². The van der Waals surface area contributed by atoms with Crippen LogP contribution in [-0.2, 0) is 9.59 Å². The maximum absolute atomic E-state index is 13.1. The number of amides is 1. The van der Waals surface area contributed by atoms with Crippen LogP contribution in [0.3, 0.4) is 0 Å². The van der Waals surface area contributed by atoms with Crippen molar-refractivity contribution >= 4 is 40.0 Å². The van der Waals surface area contributed by atoms with Crippen molar-refractivity contribution in [3.63, 3.8) is 0 Å². The lowest BCUT2D eigenvalue weighted by Gasteiger charge is -2.26. The van der Waals surface area contributed by atoms with Crippen molar-refractivity contribution in [2.45, 2.75) is 25.8 Å². The first-order valence-electron chi connectivity index (χ1n) is 10.7. The van der Waals surface area contributed by atoms with E-state index >= 15 is 0 Å². The van der Waals surface area contributed by atoms with E-state index in [1.165, 1.54) is 0 Å². The lowest BCUT2D eigenvalue weighted by Crippen LogP contribution is -2.32. The monoisotopic (exact) mass is 548 g/mol. The van der Waals surface area contributed by atoms with Gasteiger partial charge in [-0.05, 0) is 85.9 Å². The molecule has 6 nitrogen and oxygen atoms in total. The largest absolute Gasteiger partial charge is 0.507 e. The summed E-state index contributed by atoms with van der Waals surface area (Å²) in [6.07, 6.45) is 1.59. The Hall–Kier alpha value is -2.39. The van der Waals surface area contributed by atoms with Crippen LogP contribution in [0.2, 0.25) is 0 Å². The number of hydrogen-bond acceptors (Lipinski definition) is 5. The summed E-state index contributed by atoms with van der Waals surface area (Å²) in [5.41, 5.74) is 1.38. The Labute approximate surface area is 203 Å². The Morgan fingerprint density at radius 2 is 1.88 bits per heavy atom. The molecule has 1 aliphatic rings. The summed E-state index contributed by atoms with van der Waals surface area (Å²) in [4.78, 5) is 29.7. The molecule has 1 saturated heterocycles. The minimum atomic E-state index is -0.657. The van der Waals surface area contributed by atoms with Crippen molar-refractivity contribution in [1.29, 1.82) is 0 Å². The number of likely N-dealkylation sites (tertiary alicyclic amines) is 1. The fourth-order valence-electron chi connectivity index (χ4n) is 3.77. The summed E-state index contributed by atoms with van der Waals surface area (Å²) in [7, 11) is 3.94. The summed E-state index contributed by atoms with van der Waals surface area (Å²) in [6, 6.07) is 14.1. The van der Waals surface area contributed by atoms with E-state index in [0.717, 1.165) is 28.5 Å². The molecule has 2 aromatic carbocycles. The molecule has 0 aliphatic carbocycles. The zero-order valence-electron chi connectivity index (χ0n) is 18.7. The van der Waals surface area contributed by atoms with Crippen molar-refractivity contribution in [2.24, 2.45) is 0 Å². The standard InChI is InChI=1S/C25H29IN2O4/c1-4-15-32-20-8-5-7-18(16-20)23(29)21-22(17-9-11-19(26)12-10-17)28(25(31)24(21)30)14-6-13-27(2)3/h5,7-12,16,22,29H,4,6,13-15H2,1-3H3/b23-21+. The van der Waals surface area contributed by atoms with Gasteiger partial charge >= 0.3 is 0 Å². The summed E-state index contributed by atoms with van der Waals surface area (Å²) in [5, 5.41) is 11.2. The highest BCUT2D eigenvalue weighted by Crippen LogP contribution is 2.40. The van der Waals surface area contributed by atoms with Gasteiger partial charge in [0.1, 0.15) is 11.5 Å². The molecule has 1 aliphatic heterocycles. The van der Waals surface area contributed by atoms with Crippen LogP contribution in [0.15, 0.2) is 54.1 Å². The molecule has 0 spiro atoms. The average molecular weight is 548 g/mol. The highest BCUT2D eigenvalue weighted by atomic mass is 127. The van der Waals surface area contributed by atoms with Crippen LogP contribution in [-0.4, -0.2) is 60.4 Å². The molecule has 1 N–H and O–H groups in total. The molecule has 0 saturated carbocycles. The van der Waals surface area contributed by atoms with Crippen LogP contribution in [0.25, 0.3) is 5.76 Å². The molecule has 1 heterocycles. The third-order valence-electron chi connectivity index (χ3n) is 5.31. The van der Waals surface area contributed by atoms with Crippen molar-refractivity contribution in [3.8, 4) is 5.75 Å². The number of Topliss-reactive ketones (excluding diaryl/α,β-unsaturated/α-hetero) is 1. The number of carbonyl (C=O) groups is 2. The van der Waals surface area contributed by atoms with Crippen LogP contribution >= 0.6 is 22.6 Å². The molecule has 0 bridgehead atoms. The van der Waals surface area contributed by atoms with Gasteiger partial charge in [-0.25, -0.2) is 0 Å². The quantitative estimate of drug-likeness (QED) is 0.217. The van der Waals surface area contributed by atoms with Gasteiger partial charge in [0.15, 0.2) is 0 Å². The highest BCUT2D eigenvalue weighted by Gasteiger charge is 2.45. The number of hydrogen-bond donors (Lipinski definition) is 1. The molecule has 7 heteroatoms. The summed E-state index contributed by atoms with van der Waals surface area (Å²) >= 11 is 2.22. The number of halogens is 1. The summed E-state index contributed by atoms with van der Waals surface area (Å²) in [5.74, 6) is -0.797.